The summed E-state index contributed by atoms with van der Waals surface area (Å²) in [6.07, 6.45) is 0. The highest BCUT2D eigenvalue weighted by molar-refractivity contribution is 7.99. The van der Waals surface area contributed by atoms with Crippen molar-refractivity contribution in [3.63, 3.8) is 0 Å². The Hall–Kier alpha value is -2.41. The number of hydrogen-bond donors (Lipinski definition) is 0. The molecule has 0 N–H and O–H groups in total. The van der Waals surface area contributed by atoms with Gasteiger partial charge in [0.2, 0.25) is 0 Å². The van der Waals surface area contributed by atoms with Crippen LogP contribution in [-0.4, -0.2) is 27.1 Å². The van der Waals surface area contributed by atoms with Gasteiger partial charge >= 0.3 is 0 Å². The lowest BCUT2D eigenvalue weighted by Crippen LogP contribution is -2.03. The van der Waals surface area contributed by atoms with Crippen molar-refractivity contribution in [3.05, 3.63) is 60.2 Å². The standard InChI is InChI=1S/C17H15F2N3OS/c1-22-16(12-6-8-13(18)9-7-12)20-21-17(22)24-11-10-23-15-5-3-2-4-14(15)19/h2-9H,10-11H2,1H3. The van der Waals surface area contributed by atoms with E-state index in [4.69, 9.17) is 4.74 Å². The second-order valence-electron chi connectivity index (χ2n) is 5.00. The van der Waals surface area contributed by atoms with Gasteiger partial charge in [-0.05, 0) is 36.4 Å². The molecule has 0 saturated heterocycles. The summed E-state index contributed by atoms with van der Waals surface area (Å²) in [6, 6.07) is 12.4. The molecule has 0 atom stereocenters. The van der Waals surface area contributed by atoms with Crippen LogP contribution >= 0.6 is 11.8 Å². The minimum Gasteiger partial charge on any atom is -0.490 e. The number of benzene rings is 2. The lowest BCUT2D eigenvalue weighted by molar-refractivity contribution is 0.325. The molecule has 1 heterocycles. The summed E-state index contributed by atoms with van der Waals surface area (Å²) in [4.78, 5) is 0. The third-order valence-corrected chi connectivity index (χ3v) is 4.33. The summed E-state index contributed by atoms with van der Waals surface area (Å²) in [7, 11) is 1.85. The van der Waals surface area contributed by atoms with Gasteiger partial charge in [0.15, 0.2) is 22.5 Å². The van der Waals surface area contributed by atoms with Crippen LogP contribution in [0.2, 0.25) is 0 Å². The number of thioether (sulfide) groups is 1. The minimum atomic E-state index is -0.375. The first-order valence-corrected chi connectivity index (χ1v) is 8.29. The van der Waals surface area contributed by atoms with Crippen LogP contribution < -0.4 is 4.74 Å². The maximum Gasteiger partial charge on any atom is 0.191 e. The zero-order valence-electron chi connectivity index (χ0n) is 12.9. The maximum absolute atomic E-state index is 13.4. The largest absolute Gasteiger partial charge is 0.490 e. The molecular formula is C17H15F2N3OS. The van der Waals surface area contributed by atoms with E-state index in [2.05, 4.69) is 10.2 Å². The zero-order valence-corrected chi connectivity index (χ0v) is 13.8. The second-order valence-corrected chi connectivity index (χ2v) is 6.06. The summed E-state index contributed by atoms with van der Waals surface area (Å²) >= 11 is 1.46. The van der Waals surface area contributed by atoms with E-state index in [1.807, 2.05) is 11.6 Å². The normalized spacial score (nSPS) is 10.8. The Morgan fingerprint density at radius 1 is 1.04 bits per heavy atom. The molecule has 1 aromatic heterocycles. The van der Waals surface area contributed by atoms with Crippen molar-refractivity contribution in [3.8, 4) is 17.1 Å². The van der Waals surface area contributed by atoms with E-state index in [-0.39, 0.29) is 17.4 Å². The Bertz CT molecular complexity index is 821. The SMILES string of the molecule is Cn1c(SCCOc2ccccc2F)nnc1-c1ccc(F)cc1. The molecule has 0 saturated carbocycles. The molecule has 0 amide bonds. The number of ether oxygens (including phenoxy) is 1. The number of aromatic nitrogens is 3. The predicted molar refractivity (Wildman–Crippen MR) is 89.0 cm³/mol. The van der Waals surface area contributed by atoms with E-state index in [1.165, 1.54) is 30.0 Å². The summed E-state index contributed by atoms with van der Waals surface area (Å²) in [5, 5.41) is 8.98. The Morgan fingerprint density at radius 3 is 2.54 bits per heavy atom. The van der Waals surface area contributed by atoms with Crippen LogP contribution in [-0.2, 0) is 7.05 Å². The number of hydrogen-bond acceptors (Lipinski definition) is 4. The molecule has 0 bridgehead atoms. The van der Waals surface area contributed by atoms with E-state index in [0.29, 0.717) is 23.3 Å². The third kappa shape index (κ3) is 3.73. The quantitative estimate of drug-likeness (QED) is 0.500. The van der Waals surface area contributed by atoms with Gasteiger partial charge in [0, 0.05) is 18.4 Å². The van der Waals surface area contributed by atoms with Crippen LogP contribution in [0.3, 0.4) is 0 Å². The molecule has 4 nitrogen and oxygen atoms in total. The molecular weight excluding hydrogens is 332 g/mol. The van der Waals surface area contributed by atoms with E-state index in [1.54, 1.807) is 30.3 Å². The molecule has 0 fully saturated rings. The fourth-order valence-electron chi connectivity index (χ4n) is 2.14. The van der Waals surface area contributed by atoms with Gasteiger partial charge in [0.05, 0.1) is 6.61 Å². The first-order chi connectivity index (χ1) is 11.6. The van der Waals surface area contributed by atoms with Crippen LogP contribution in [0, 0.1) is 11.6 Å². The highest BCUT2D eigenvalue weighted by atomic mass is 32.2. The summed E-state index contributed by atoms with van der Waals surface area (Å²) in [5.41, 5.74) is 0.792. The second kappa shape index (κ2) is 7.44. The van der Waals surface area contributed by atoms with Crippen LogP contribution in [0.25, 0.3) is 11.4 Å². The molecule has 0 spiro atoms. The predicted octanol–water partition coefficient (Wildman–Crippen LogP) is 3.93. The Kier molecular flexibility index (Phi) is 5.10. The summed E-state index contributed by atoms with van der Waals surface area (Å²) < 4.78 is 33.7. The summed E-state index contributed by atoms with van der Waals surface area (Å²) in [5.74, 6) is 0.833. The molecule has 124 valence electrons. The van der Waals surface area contributed by atoms with Gasteiger partial charge < -0.3 is 9.30 Å². The maximum atomic E-state index is 13.4. The van der Waals surface area contributed by atoms with Gasteiger partial charge in [-0.1, -0.05) is 23.9 Å². The van der Waals surface area contributed by atoms with Crippen molar-refractivity contribution >= 4 is 11.8 Å². The minimum absolute atomic E-state index is 0.239. The van der Waals surface area contributed by atoms with Gasteiger partial charge in [-0.3, -0.25) is 0 Å². The number of halogens is 2. The van der Waals surface area contributed by atoms with E-state index >= 15 is 0 Å². The van der Waals surface area contributed by atoms with E-state index in [0.717, 1.165) is 5.56 Å². The molecule has 3 aromatic rings. The molecule has 0 unspecified atom stereocenters. The van der Waals surface area contributed by atoms with Crippen LogP contribution in [0.15, 0.2) is 53.7 Å². The number of para-hydroxylation sites is 1. The monoisotopic (exact) mass is 347 g/mol. The fraction of sp³-hybridized carbons (Fsp3) is 0.176. The Morgan fingerprint density at radius 2 is 1.79 bits per heavy atom. The van der Waals surface area contributed by atoms with Gasteiger partial charge in [-0.2, -0.15) is 0 Å². The first kappa shape index (κ1) is 16.4. The Labute approximate surface area is 142 Å². The lowest BCUT2D eigenvalue weighted by Gasteiger charge is -2.07. The fourth-order valence-corrected chi connectivity index (χ4v) is 2.87. The molecule has 7 heteroatoms. The van der Waals surface area contributed by atoms with Crippen molar-refractivity contribution in [2.45, 2.75) is 5.16 Å². The van der Waals surface area contributed by atoms with Crippen LogP contribution in [0.4, 0.5) is 8.78 Å². The molecule has 24 heavy (non-hydrogen) atoms. The van der Waals surface area contributed by atoms with E-state index in [9.17, 15) is 8.78 Å². The highest BCUT2D eigenvalue weighted by Gasteiger charge is 2.11. The van der Waals surface area contributed by atoms with Gasteiger partial charge in [0.25, 0.3) is 0 Å². The number of nitrogens with zero attached hydrogens (tertiary/aromatic N) is 3. The van der Waals surface area contributed by atoms with E-state index < -0.39 is 0 Å². The van der Waals surface area contributed by atoms with Crippen molar-refractivity contribution in [1.82, 2.24) is 14.8 Å². The highest BCUT2D eigenvalue weighted by Crippen LogP contribution is 2.23. The molecule has 2 aromatic carbocycles. The smallest absolute Gasteiger partial charge is 0.191 e. The molecule has 0 radical (unpaired) electrons. The average molecular weight is 347 g/mol. The summed E-state index contributed by atoms with van der Waals surface area (Å²) in [6.45, 7) is 0.352. The van der Waals surface area contributed by atoms with Crippen molar-refractivity contribution in [2.24, 2.45) is 7.05 Å². The molecule has 0 aliphatic carbocycles. The van der Waals surface area contributed by atoms with Gasteiger partial charge in [-0.15, -0.1) is 10.2 Å². The van der Waals surface area contributed by atoms with Crippen molar-refractivity contribution in [2.75, 3.05) is 12.4 Å². The van der Waals surface area contributed by atoms with Crippen molar-refractivity contribution in [1.29, 1.82) is 0 Å². The lowest BCUT2D eigenvalue weighted by atomic mass is 10.2. The van der Waals surface area contributed by atoms with Gasteiger partial charge in [0.1, 0.15) is 5.82 Å². The van der Waals surface area contributed by atoms with Gasteiger partial charge in [-0.25, -0.2) is 8.78 Å². The average Bonchev–Trinajstić information content (AvgIpc) is 2.95. The molecule has 0 aliphatic heterocycles. The molecule has 0 aliphatic rings. The van der Waals surface area contributed by atoms with Crippen molar-refractivity contribution < 1.29 is 13.5 Å². The van der Waals surface area contributed by atoms with Crippen LogP contribution in [0.5, 0.6) is 5.75 Å². The zero-order chi connectivity index (χ0) is 16.9. The van der Waals surface area contributed by atoms with Crippen LogP contribution in [0.1, 0.15) is 0 Å². The topological polar surface area (TPSA) is 39.9 Å². The number of rotatable bonds is 6. The Balaban J connectivity index is 1.58. The first-order valence-electron chi connectivity index (χ1n) is 7.30. The molecule has 3 rings (SSSR count). The third-order valence-electron chi connectivity index (χ3n) is 3.35.